The van der Waals surface area contributed by atoms with Gasteiger partial charge in [0.2, 0.25) is 10.1 Å². The average Bonchev–Trinajstić information content (AvgIpc) is 3.29. The van der Waals surface area contributed by atoms with Crippen molar-refractivity contribution in [2.45, 2.75) is 13.8 Å². The highest BCUT2D eigenvalue weighted by Crippen LogP contribution is 2.25. The van der Waals surface area contributed by atoms with Crippen LogP contribution in [0.5, 0.6) is 11.5 Å². The minimum atomic E-state index is -0.290. The second kappa shape index (κ2) is 7.88. The standard InChI is InChI=1S/C20H19N5O3S/c1-12-5-4-6-16(13(12)2)28-11-17(26)21-19-24-25-18(22-23-20(25)29-19)14-7-9-15(27-3)10-8-14/h4-10H,11H2,1-3H3,(H,21,24,26). The van der Waals surface area contributed by atoms with Gasteiger partial charge in [-0.15, -0.1) is 15.3 Å². The summed E-state index contributed by atoms with van der Waals surface area (Å²) in [5, 5.41) is 15.9. The van der Waals surface area contributed by atoms with Crippen molar-refractivity contribution in [3.63, 3.8) is 0 Å². The maximum Gasteiger partial charge on any atom is 0.264 e. The third kappa shape index (κ3) is 3.90. The molecule has 0 aliphatic heterocycles. The number of nitrogens with zero attached hydrogens (tertiary/aromatic N) is 4. The zero-order chi connectivity index (χ0) is 20.4. The first-order valence-corrected chi connectivity index (χ1v) is 9.72. The van der Waals surface area contributed by atoms with E-state index in [4.69, 9.17) is 9.47 Å². The first-order valence-electron chi connectivity index (χ1n) is 8.90. The Labute approximate surface area is 171 Å². The van der Waals surface area contributed by atoms with Gasteiger partial charge in [0.15, 0.2) is 12.4 Å². The van der Waals surface area contributed by atoms with Crippen LogP contribution < -0.4 is 14.8 Å². The molecule has 1 N–H and O–H groups in total. The van der Waals surface area contributed by atoms with E-state index in [1.54, 1.807) is 11.6 Å². The summed E-state index contributed by atoms with van der Waals surface area (Å²) in [6, 6.07) is 13.2. The SMILES string of the molecule is COc1ccc(-c2nnc3sc(NC(=O)COc4cccc(C)c4C)nn23)cc1. The first kappa shape index (κ1) is 18.9. The molecule has 9 heteroatoms. The molecule has 2 aromatic carbocycles. The summed E-state index contributed by atoms with van der Waals surface area (Å²) in [5.74, 6) is 1.75. The topological polar surface area (TPSA) is 90.6 Å². The summed E-state index contributed by atoms with van der Waals surface area (Å²) in [5.41, 5.74) is 2.98. The quantitative estimate of drug-likeness (QED) is 0.524. The fraction of sp³-hybridized carbons (Fsp3) is 0.200. The molecular formula is C20H19N5O3S. The van der Waals surface area contributed by atoms with Crippen LogP contribution in [0.2, 0.25) is 0 Å². The molecular weight excluding hydrogens is 390 g/mol. The minimum absolute atomic E-state index is 0.101. The lowest BCUT2D eigenvalue weighted by atomic mass is 10.1. The van der Waals surface area contributed by atoms with Crippen LogP contribution in [0.4, 0.5) is 5.13 Å². The van der Waals surface area contributed by atoms with Crippen molar-refractivity contribution in [2.75, 3.05) is 19.0 Å². The molecule has 0 aliphatic rings. The van der Waals surface area contributed by atoms with E-state index in [1.807, 2.05) is 56.3 Å². The molecule has 0 spiro atoms. The summed E-state index contributed by atoms with van der Waals surface area (Å²) >= 11 is 1.24. The highest BCUT2D eigenvalue weighted by Gasteiger charge is 2.15. The zero-order valence-electron chi connectivity index (χ0n) is 16.2. The fourth-order valence-corrected chi connectivity index (χ4v) is 3.52. The Kier molecular flexibility index (Phi) is 5.13. The van der Waals surface area contributed by atoms with Crippen LogP contribution in [0.15, 0.2) is 42.5 Å². The molecule has 4 rings (SSSR count). The zero-order valence-corrected chi connectivity index (χ0v) is 17.0. The average molecular weight is 409 g/mol. The second-order valence-electron chi connectivity index (χ2n) is 6.39. The summed E-state index contributed by atoms with van der Waals surface area (Å²) in [4.78, 5) is 12.9. The number of aryl methyl sites for hydroxylation is 1. The number of ether oxygens (including phenoxy) is 2. The molecule has 8 nitrogen and oxygen atoms in total. The number of hydrogen-bond acceptors (Lipinski definition) is 7. The summed E-state index contributed by atoms with van der Waals surface area (Å²) in [6.07, 6.45) is 0. The summed E-state index contributed by atoms with van der Waals surface area (Å²) < 4.78 is 12.4. The monoisotopic (exact) mass is 409 g/mol. The second-order valence-corrected chi connectivity index (χ2v) is 7.34. The number of fused-ring (bicyclic) bond motifs is 1. The van der Waals surface area contributed by atoms with Gasteiger partial charge in [0, 0.05) is 5.56 Å². The van der Waals surface area contributed by atoms with Crippen LogP contribution in [0.25, 0.3) is 16.3 Å². The summed E-state index contributed by atoms with van der Waals surface area (Å²) in [7, 11) is 1.61. The van der Waals surface area contributed by atoms with Crippen molar-refractivity contribution >= 4 is 27.3 Å². The van der Waals surface area contributed by atoms with Crippen molar-refractivity contribution in [2.24, 2.45) is 0 Å². The van der Waals surface area contributed by atoms with E-state index in [0.29, 0.717) is 21.7 Å². The van der Waals surface area contributed by atoms with Gasteiger partial charge >= 0.3 is 0 Å². The molecule has 2 aromatic heterocycles. The van der Waals surface area contributed by atoms with Crippen LogP contribution in [-0.2, 0) is 4.79 Å². The molecule has 0 unspecified atom stereocenters. The number of anilines is 1. The number of hydrogen-bond donors (Lipinski definition) is 1. The van der Waals surface area contributed by atoms with Gasteiger partial charge in [-0.25, -0.2) is 0 Å². The molecule has 2 heterocycles. The third-order valence-electron chi connectivity index (χ3n) is 4.50. The minimum Gasteiger partial charge on any atom is -0.497 e. The molecule has 0 saturated carbocycles. The van der Waals surface area contributed by atoms with Crippen molar-refractivity contribution in [3.05, 3.63) is 53.6 Å². The van der Waals surface area contributed by atoms with Crippen molar-refractivity contribution in [1.29, 1.82) is 0 Å². The highest BCUT2D eigenvalue weighted by molar-refractivity contribution is 7.20. The Morgan fingerprint density at radius 1 is 1.14 bits per heavy atom. The highest BCUT2D eigenvalue weighted by atomic mass is 32.1. The lowest BCUT2D eigenvalue weighted by Gasteiger charge is -2.10. The molecule has 29 heavy (non-hydrogen) atoms. The smallest absolute Gasteiger partial charge is 0.264 e. The number of benzene rings is 2. The number of amides is 1. The van der Waals surface area contributed by atoms with E-state index in [-0.39, 0.29) is 12.5 Å². The number of carbonyl (C=O) groups is 1. The molecule has 0 atom stereocenters. The molecule has 0 radical (unpaired) electrons. The Bertz CT molecular complexity index is 1170. The molecule has 1 amide bonds. The van der Waals surface area contributed by atoms with Crippen LogP contribution in [-0.4, -0.2) is 39.4 Å². The predicted molar refractivity (Wildman–Crippen MR) is 111 cm³/mol. The molecule has 148 valence electrons. The Morgan fingerprint density at radius 2 is 1.93 bits per heavy atom. The molecule has 4 aromatic rings. The van der Waals surface area contributed by atoms with Crippen molar-refractivity contribution in [1.82, 2.24) is 19.8 Å². The van der Waals surface area contributed by atoms with Gasteiger partial charge in [0.05, 0.1) is 7.11 Å². The largest absolute Gasteiger partial charge is 0.497 e. The van der Waals surface area contributed by atoms with Gasteiger partial charge in [0.1, 0.15) is 11.5 Å². The molecule has 0 saturated heterocycles. The van der Waals surface area contributed by atoms with Crippen molar-refractivity contribution in [3.8, 4) is 22.9 Å². The van der Waals surface area contributed by atoms with E-state index in [0.717, 1.165) is 22.4 Å². The number of carbonyl (C=O) groups excluding carboxylic acids is 1. The summed E-state index contributed by atoms with van der Waals surface area (Å²) in [6.45, 7) is 3.87. The fourth-order valence-electron chi connectivity index (χ4n) is 2.77. The Balaban J connectivity index is 1.46. The van der Waals surface area contributed by atoms with Gasteiger partial charge in [-0.05, 0) is 55.3 Å². The van der Waals surface area contributed by atoms with E-state index in [2.05, 4.69) is 20.6 Å². The van der Waals surface area contributed by atoms with Crippen LogP contribution in [0.3, 0.4) is 0 Å². The van der Waals surface area contributed by atoms with E-state index in [1.165, 1.54) is 11.3 Å². The third-order valence-corrected chi connectivity index (χ3v) is 5.31. The van der Waals surface area contributed by atoms with Gasteiger partial charge in [0.25, 0.3) is 5.91 Å². The predicted octanol–water partition coefficient (Wildman–Crippen LogP) is 3.50. The molecule has 0 fully saturated rings. The van der Waals surface area contributed by atoms with Gasteiger partial charge in [-0.1, -0.05) is 23.5 Å². The Morgan fingerprint density at radius 3 is 2.69 bits per heavy atom. The number of nitrogens with one attached hydrogen (secondary N) is 1. The van der Waals surface area contributed by atoms with Crippen molar-refractivity contribution < 1.29 is 14.3 Å². The van der Waals surface area contributed by atoms with Crippen LogP contribution >= 0.6 is 11.3 Å². The Hall–Kier alpha value is -3.46. The normalized spacial score (nSPS) is 10.9. The lowest BCUT2D eigenvalue weighted by molar-refractivity contribution is -0.118. The van der Waals surface area contributed by atoms with E-state index < -0.39 is 0 Å². The number of rotatable bonds is 6. The number of aromatic nitrogens is 4. The maximum atomic E-state index is 12.3. The molecule has 0 aliphatic carbocycles. The van der Waals surface area contributed by atoms with Gasteiger partial charge < -0.3 is 9.47 Å². The van der Waals surface area contributed by atoms with E-state index in [9.17, 15) is 4.79 Å². The van der Waals surface area contributed by atoms with E-state index >= 15 is 0 Å². The molecule has 0 bridgehead atoms. The first-order chi connectivity index (χ1) is 14.0. The maximum absolute atomic E-state index is 12.3. The van der Waals surface area contributed by atoms with Gasteiger partial charge in [-0.2, -0.15) is 4.52 Å². The van der Waals surface area contributed by atoms with Gasteiger partial charge in [-0.3, -0.25) is 10.1 Å². The lowest BCUT2D eigenvalue weighted by Crippen LogP contribution is -2.20. The van der Waals surface area contributed by atoms with Crippen LogP contribution in [0, 0.1) is 13.8 Å². The van der Waals surface area contributed by atoms with Crippen LogP contribution in [0.1, 0.15) is 11.1 Å². The number of methoxy groups -OCH3 is 1.